The molecule has 123 heavy (non-hydrogen) atoms. The number of rotatable bonds is 12. The Bertz CT molecular complexity index is 6310. The molecule has 0 spiro atoms. The Kier molecular flexibility index (Phi) is 49.6. The van der Waals surface area contributed by atoms with Crippen molar-refractivity contribution in [3.63, 3.8) is 0 Å². The Labute approximate surface area is 782 Å². The summed E-state index contributed by atoms with van der Waals surface area (Å²) in [5.41, 5.74) is 8.02. The molecule has 16 rings (SSSR count). The van der Waals surface area contributed by atoms with Gasteiger partial charge in [-0.2, -0.15) is 8.42 Å². The van der Waals surface area contributed by atoms with Crippen LogP contribution < -0.4 is 46.2 Å². The summed E-state index contributed by atoms with van der Waals surface area (Å²) in [7, 11) is -11.0. The fraction of sp³-hybridized carbons (Fsp3) is 0.116. The third-order valence-corrected chi connectivity index (χ3v) is 17.9. The summed E-state index contributed by atoms with van der Waals surface area (Å²) in [5.74, 6) is -0.510. The quantitative estimate of drug-likeness (QED) is 0.0104. The van der Waals surface area contributed by atoms with Gasteiger partial charge in [0.25, 0.3) is 5.97 Å². The number of nitrogens with two attached hydrogens (primary N) is 2. The predicted octanol–water partition coefficient (Wildman–Crippen LogP) is 14.8. The Morgan fingerprint density at radius 3 is 1.01 bits per heavy atom. The molecule has 8 aromatic heterocycles. The van der Waals surface area contributed by atoms with E-state index < -0.39 is 78.9 Å². The minimum atomic E-state index is -4.67. The smallest absolute Gasteiger partial charge is 0.748 e. The fourth-order valence-corrected chi connectivity index (χ4v) is 12.3. The van der Waals surface area contributed by atoms with Gasteiger partial charge in [0.15, 0.2) is 43.9 Å². The maximum absolute atomic E-state index is 10.8. The van der Waals surface area contributed by atoms with E-state index in [4.69, 9.17) is 94.7 Å². The largest absolute Gasteiger partial charge is 1.00 e. The van der Waals surface area contributed by atoms with Gasteiger partial charge in [0.1, 0.15) is 72.8 Å². The first-order chi connectivity index (χ1) is 57.0. The van der Waals surface area contributed by atoms with Crippen LogP contribution in [0.2, 0.25) is 0 Å². The third-order valence-electron chi connectivity index (χ3n) is 13.7. The van der Waals surface area contributed by atoms with Gasteiger partial charge >= 0.3 is 62.7 Å². The van der Waals surface area contributed by atoms with Gasteiger partial charge in [-0.05, 0) is 131 Å². The van der Waals surface area contributed by atoms with Crippen molar-refractivity contribution in [2.45, 2.75) is 46.1 Å². The number of hydrogen-bond acceptors (Lipinski definition) is 32. The van der Waals surface area contributed by atoms with Crippen molar-refractivity contribution in [1.82, 2.24) is 36.1 Å². The summed E-state index contributed by atoms with van der Waals surface area (Å²) < 4.78 is 155. The molecule has 1 atom stereocenters. The standard InChI is InChI=1S/C9H6BrNO3.C9H7NO3.C9H6O3.2C8H6BrNO.C8H6ClNO3S.C8H8N2O3S.C8H7NO4S.C2H4O2.Br2.Cl3OP.ClH.H3NO.Na.H2O4S/c10-7(9(12)13)8-5-3-1-2-4-6(5)14-11-8;11-9(12)5-7-6-3-1-2-4-8(6)13-10-7;10-7-5-9(11)12-8-4-2-1-3-6(7)8;2*9-5-7-6-3-1-2-4-8(6)11-10-7;2*9-14(11,12)5-7-6-3-1-2-4-8(6)13-10-7;10-14(11,12)5-7-6-3-1-2-4-8(6)13-9-7;1-2(3)4;1-2;1-5(2,3)4;;1-2;;1-5(2,3)4/h1-4,7H,(H,12,13);1-4H,5H2,(H,11,12);1-5,10H;2*1-4H,5H2;1-4H,5H2;1-4H,5H2,(H2,9,11,12);1-4H,5H2,(H,10,11,12);1H3,(H,3,4);;;1H;2H,1H2;;(H2,1,2,3,4)/q;;;;;;;;;;;;;+1;/p-1. The molecule has 11 N–H and O–H groups in total. The summed E-state index contributed by atoms with van der Waals surface area (Å²) >= 11 is 29.0. The first kappa shape index (κ1) is 111. The molecule has 1 unspecified atom stereocenters. The average molecular weight is 2240 g/mol. The molecule has 0 aliphatic rings. The van der Waals surface area contributed by atoms with Crippen LogP contribution in [0.15, 0.2) is 241 Å². The van der Waals surface area contributed by atoms with Crippen LogP contribution in [0, 0.1) is 0 Å². The Hall–Kier alpha value is -7.89. The van der Waals surface area contributed by atoms with Gasteiger partial charge in [-0.25, -0.2) is 41.1 Å². The zero-order chi connectivity index (χ0) is 90.4. The van der Waals surface area contributed by atoms with E-state index in [0.29, 0.717) is 77.8 Å². The van der Waals surface area contributed by atoms with Crippen LogP contribution in [0.5, 0.6) is 5.75 Å². The van der Waals surface area contributed by atoms with Crippen molar-refractivity contribution in [2.24, 2.45) is 11.0 Å². The molecule has 54 heteroatoms. The number of para-hydroxylation sites is 8. The Balaban J connectivity index is 0.000000462. The number of benzene rings is 8. The van der Waals surface area contributed by atoms with E-state index in [2.05, 4.69) is 152 Å². The molecule has 0 amide bonds. The molecule has 38 nitrogen and oxygen atoms in total. The summed E-state index contributed by atoms with van der Waals surface area (Å²) in [4.78, 5) is 40.1. The second-order valence-corrected chi connectivity index (χ2v) is 37.7. The fourth-order valence-electron chi connectivity index (χ4n) is 9.23. The molecule has 0 saturated carbocycles. The van der Waals surface area contributed by atoms with Crippen LogP contribution in [0.25, 0.3) is 87.8 Å². The molecular formula is C69H61Br5Cl5N9NaO29PS4. The van der Waals surface area contributed by atoms with Gasteiger partial charge in [0.05, 0.1) is 23.6 Å². The van der Waals surface area contributed by atoms with Gasteiger partial charge in [-0.3, -0.25) is 28.1 Å². The van der Waals surface area contributed by atoms with Crippen molar-refractivity contribution in [1.29, 1.82) is 0 Å². The number of fused-ring (bicyclic) bond motifs is 8. The summed E-state index contributed by atoms with van der Waals surface area (Å²) in [6.45, 7) is 1.08. The molecule has 0 aliphatic heterocycles. The monoisotopic (exact) mass is 2230 g/mol. The van der Waals surface area contributed by atoms with Crippen molar-refractivity contribution in [3.8, 4) is 5.75 Å². The zero-order valence-corrected chi connectivity index (χ0v) is 80.1. The van der Waals surface area contributed by atoms with Gasteiger partial charge in [0.2, 0.25) is 19.1 Å². The Morgan fingerprint density at radius 1 is 0.472 bits per heavy atom. The van der Waals surface area contributed by atoms with Crippen LogP contribution in [-0.4, -0.2) is 127 Å². The number of carboxylic acids is 3. The van der Waals surface area contributed by atoms with Gasteiger partial charge < -0.3 is 66.3 Å². The van der Waals surface area contributed by atoms with Gasteiger partial charge in [-0.1, -0.05) is 181 Å². The Morgan fingerprint density at radius 2 is 0.715 bits per heavy atom. The van der Waals surface area contributed by atoms with E-state index >= 15 is 0 Å². The number of carboxylic acid groups (broad SMARTS) is 3. The molecule has 16 aromatic rings. The minimum Gasteiger partial charge on any atom is -0.748 e. The number of alkyl halides is 3. The van der Waals surface area contributed by atoms with Crippen LogP contribution in [-0.2, 0) is 92.9 Å². The van der Waals surface area contributed by atoms with Gasteiger partial charge in [-0.15, -0.1) is 12.4 Å². The van der Waals surface area contributed by atoms with E-state index in [1.807, 2.05) is 66.7 Å². The normalized spacial score (nSPS) is 10.9. The van der Waals surface area contributed by atoms with Crippen LogP contribution >= 0.6 is 138 Å². The first-order valence-corrected chi connectivity index (χ1v) is 50.6. The van der Waals surface area contributed by atoms with E-state index in [1.54, 1.807) is 127 Å². The number of halogens is 10. The van der Waals surface area contributed by atoms with Crippen molar-refractivity contribution in [3.05, 3.63) is 250 Å². The maximum Gasteiger partial charge on any atom is 1.00 e. The molecule has 0 aliphatic carbocycles. The number of aliphatic carboxylic acids is 3. The number of hydrogen-bond donors (Lipinski definition) is 9. The first-order valence-electron chi connectivity index (χ1n) is 32.1. The predicted molar refractivity (Wildman–Crippen MR) is 471 cm³/mol. The van der Waals surface area contributed by atoms with Crippen LogP contribution in [0.4, 0.5) is 0 Å². The molecule has 8 heterocycles. The average Bonchev–Trinajstić information content (AvgIpc) is 1.72. The number of sulfonamides is 1. The second-order valence-electron chi connectivity index (χ2n) is 22.4. The van der Waals surface area contributed by atoms with Crippen LogP contribution in [0.1, 0.15) is 51.6 Å². The maximum atomic E-state index is 10.8. The summed E-state index contributed by atoms with van der Waals surface area (Å²) in [6, 6.07) is 58.7. The second kappa shape index (κ2) is 54.9. The number of carbonyl (C=O) groups is 3. The molecule has 656 valence electrons. The molecule has 0 saturated heterocycles. The zero-order valence-electron chi connectivity index (χ0n) is 62.2. The number of aromatic nitrogens is 7. The molecule has 0 bridgehead atoms. The van der Waals surface area contributed by atoms with E-state index in [0.717, 1.165) is 67.7 Å². The molecular weight excluding hydrogens is 2180 g/mol. The van der Waals surface area contributed by atoms with E-state index in [1.165, 1.54) is 0 Å². The van der Waals surface area contributed by atoms with Crippen molar-refractivity contribution in [2.75, 3.05) is 0 Å². The molecule has 8 aromatic carbocycles. The van der Waals surface area contributed by atoms with Crippen molar-refractivity contribution < 1.29 is 158 Å². The number of nitrogens with zero attached hydrogens (tertiary/aromatic N) is 7. The molecule has 0 radical (unpaired) electrons. The summed E-state index contributed by atoms with van der Waals surface area (Å²) in [6.07, 6.45) is -0.100. The topological polar surface area (TPSA) is 634 Å². The number of aromatic hydroxyl groups is 1. The van der Waals surface area contributed by atoms with Crippen molar-refractivity contribution >= 4 is 283 Å². The molecule has 0 fully saturated rings. The minimum absolute atomic E-state index is 0. The SMILES string of the molecule is BrBr.BrCc1noc2ccccc12.BrCc1noc2ccccc12.CC(=O)O.Cl.NO.NS(=O)(=O)Cc1noc2ccccc12.O=C(O)C(Br)c1noc2ccccc12.O=C(O)Cc1noc2ccccc12.O=P(Cl)(Cl)Cl.O=S(=O)(Cl)Cc1noc2ccccc12.O=S(=O)(O)O.O=S(=O)([O-])Cc1noc2ccccc12.O=c1cc(O)c2ccccc2o1.[Na+]. The van der Waals surface area contributed by atoms with Crippen LogP contribution in [0.3, 0.4) is 0 Å². The van der Waals surface area contributed by atoms with Gasteiger partial charge in [0, 0.05) is 94.2 Å². The van der Waals surface area contributed by atoms with E-state index in [-0.39, 0.29) is 71.3 Å². The number of primary sulfonamides is 1. The third kappa shape index (κ3) is 41.4. The summed E-state index contributed by atoms with van der Waals surface area (Å²) in [5, 5.41) is 75.9. The van der Waals surface area contributed by atoms with E-state index in [9.17, 15) is 53.9 Å².